The fourth-order valence-electron chi connectivity index (χ4n) is 4.47. The number of nitrogens with zero attached hydrogens (tertiary/aromatic N) is 3. The molecule has 2 saturated heterocycles. The van der Waals surface area contributed by atoms with E-state index in [0.717, 1.165) is 25.0 Å². The van der Waals surface area contributed by atoms with Crippen LogP contribution in [-0.4, -0.2) is 46.2 Å². The molecular formula is C23H26FN3O2. The number of hydrogen-bond donors (Lipinski definition) is 0. The lowest BCUT2D eigenvalue weighted by Crippen LogP contribution is -2.52. The van der Waals surface area contributed by atoms with Crippen LogP contribution in [0, 0.1) is 5.41 Å². The maximum atomic E-state index is 14.7. The van der Waals surface area contributed by atoms with Crippen LogP contribution < -0.4 is 0 Å². The second-order valence-electron chi connectivity index (χ2n) is 8.17. The number of benzene rings is 1. The highest BCUT2D eigenvalue weighted by Gasteiger charge is 2.42. The van der Waals surface area contributed by atoms with Crippen molar-refractivity contribution in [2.24, 2.45) is 5.41 Å². The Morgan fingerprint density at radius 3 is 2.48 bits per heavy atom. The Morgan fingerprint density at radius 1 is 1.07 bits per heavy atom. The quantitative estimate of drug-likeness (QED) is 0.796. The van der Waals surface area contributed by atoms with Crippen molar-refractivity contribution in [3.05, 3.63) is 66.0 Å². The normalized spacial score (nSPS) is 20.0. The van der Waals surface area contributed by atoms with Crippen molar-refractivity contribution in [1.82, 2.24) is 14.8 Å². The van der Waals surface area contributed by atoms with E-state index in [-0.39, 0.29) is 11.3 Å². The van der Waals surface area contributed by atoms with Crippen LogP contribution in [0.15, 0.2) is 54.7 Å². The first-order chi connectivity index (χ1) is 14.1. The smallest absolute Gasteiger partial charge is 0.261 e. The van der Waals surface area contributed by atoms with Crippen molar-refractivity contribution < 1.29 is 14.0 Å². The summed E-state index contributed by atoms with van der Waals surface area (Å²) >= 11 is 0. The molecule has 152 valence electrons. The van der Waals surface area contributed by atoms with Gasteiger partial charge in [0.15, 0.2) is 0 Å². The van der Waals surface area contributed by atoms with Crippen LogP contribution in [-0.2, 0) is 16.1 Å². The van der Waals surface area contributed by atoms with Gasteiger partial charge in [-0.15, -0.1) is 0 Å². The largest absolute Gasteiger partial charge is 0.340 e. The predicted molar refractivity (Wildman–Crippen MR) is 107 cm³/mol. The first kappa shape index (κ1) is 19.6. The second kappa shape index (κ2) is 8.31. The molecule has 2 aliphatic heterocycles. The lowest BCUT2D eigenvalue weighted by atomic mass is 9.72. The number of alkyl halides is 1. The monoisotopic (exact) mass is 395 g/mol. The minimum absolute atomic E-state index is 0.0119. The lowest BCUT2D eigenvalue weighted by molar-refractivity contribution is -0.145. The molecule has 1 unspecified atom stereocenters. The summed E-state index contributed by atoms with van der Waals surface area (Å²) in [5.41, 5.74) is 1.30. The van der Waals surface area contributed by atoms with E-state index in [1.807, 2.05) is 29.2 Å². The Bertz CT molecular complexity index is 851. The molecule has 5 nitrogen and oxygen atoms in total. The highest BCUT2D eigenvalue weighted by molar-refractivity contribution is 5.82. The van der Waals surface area contributed by atoms with Gasteiger partial charge in [0.2, 0.25) is 12.1 Å². The molecule has 0 aliphatic carbocycles. The van der Waals surface area contributed by atoms with Gasteiger partial charge in [0.1, 0.15) is 0 Å². The van der Waals surface area contributed by atoms with Gasteiger partial charge in [-0.2, -0.15) is 0 Å². The molecule has 0 radical (unpaired) electrons. The fourth-order valence-corrected chi connectivity index (χ4v) is 4.47. The number of hydrogen-bond acceptors (Lipinski definition) is 3. The van der Waals surface area contributed by atoms with Gasteiger partial charge >= 0.3 is 0 Å². The number of likely N-dealkylation sites (tertiary alicyclic amines) is 2. The highest BCUT2D eigenvalue weighted by atomic mass is 19.1. The first-order valence-electron chi connectivity index (χ1n) is 10.2. The van der Waals surface area contributed by atoms with Crippen LogP contribution in [0.4, 0.5) is 4.39 Å². The molecule has 0 saturated carbocycles. The van der Waals surface area contributed by atoms with E-state index < -0.39 is 12.1 Å². The molecule has 2 aromatic rings. The van der Waals surface area contributed by atoms with E-state index in [0.29, 0.717) is 38.2 Å². The summed E-state index contributed by atoms with van der Waals surface area (Å²) in [5.74, 6) is -0.295. The van der Waals surface area contributed by atoms with Gasteiger partial charge in [0.25, 0.3) is 5.91 Å². The van der Waals surface area contributed by atoms with Crippen molar-refractivity contribution >= 4 is 11.8 Å². The Labute approximate surface area is 170 Å². The molecule has 29 heavy (non-hydrogen) atoms. The van der Waals surface area contributed by atoms with Crippen molar-refractivity contribution in [3.8, 4) is 0 Å². The average Bonchev–Trinajstić information content (AvgIpc) is 2.77. The molecule has 3 heterocycles. The summed E-state index contributed by atoms with van der Waals surface area (Å²) in [6, 6.07) is 14.3. The third-order valence-corrected chi connectivity index (χ3v) is 6.27. The minimum atomic E-state index is -1.61. The summed E-state index contributed by atoms with van der Waals surface area (Å²) in [6.45, 7) is 2.28. The zero-order chi connectivity index (χ0) is 20.3. The maximum Gasteiger partial charge on any atom is 0.261 e. The van der Waals surface area contributed by atoms with Crippen LogP contribution >= 0.6 is 0 Å². The zero-order valence-corrected chi connectivity index (χ0v) is 16.5. The fraction of sp³-hybridized carbons (Fsp3) is 0.435. The van der Waals surface area contributed by atoms with Gasteiger partial charge in [-0.05, 0) is 42.4 Å². The Morgan fingerprint density at radius 2 is 1.79 bits per heavy atom. The van der Waals surface area contributed by atoms with Crippen molar-refractivity contribution in [2.75, 3.05) is 19.6 Å². The van der Waals surface area contributed by atoms with Gasteiger partial charge in [-0.25, -0.2) is 4.39 Å². The maximum absolute atomic E-state index is 14.7. The number of aromatic nitrogens is 1. The van der Waals surface area contributed by atoms with E-state index in [9.17, 15) is 14.0 Å². The van der Waals surface area contributed by atoms with Gasteiger partial charge in [-0.3, -0.25) is 14.6 Å². The summed E-state index contributed by atoms with van der Waals surface area (Å²) in [4.78, 5) is 32.9. The van der Waals surface area contributed by atoms with Crippen molar-refractivity contribution in [2.45, 2.75) is 38.4 Å². The number of pyridine rings is 1. The SMILES string of the molecule is O=C1CCC2(CCN(C(=O)C(F)c3ccccc3)CC2)CN1Cc1ccccn1. The van der Waals surface area contributed by atoms with Crippen molar-refractivity contribution in [3.63, 3.8) is 0 Å². The van der Waals surface area contributed by atoms with E-state index >= 15 is 0 Å². The third kappa shape index (κ3) is 4.31. The Kier molecular flexibility index (Phi) is 5.60. The molecule has 1 aromatic heterocycles. The Balaban J connectivity index is 1.37. The van der Waals surface area contributed by atoms with Gasteiger partial charge < -0.3 is 9.80 Å². The van der Waals surface area contributed by atoms with Crippen LogP contribution in [0.3, 0.4) is 0 Å². The second-order valence-corrected chi connectivity index (χ2v) is 8.17. The summed E-state index contributed by atoms with van der Waals surface area (Å²) in [7, 11) is 0. The summed E-state index contributed by atoms with van der Waals surface area (Å²) in [6.07, 6.45) is 3.09. The van der Waals surface area contributed by atoms with Crippen LogP contribution in [0.25, 0.3) is 0 Å². The Hall–Kier alpha value is -2.76. The van der Waals surface area contributed by atoms with E-state index in [1.54, 1.807) is 35.4 Å². The highest BCUT2D eigenvalue weighted by Crippen LogP contribution is 2.41. The van der Waals surface area contributed by atoms with Crippen LogP contribution in [0.1, 0.15) is 43.1 Å². The standard InChI is InChI=1S/C23H26FN3O2/c24-21(18-6-2-1-3-7-18)22(29)26-14-11-23(12-15-26)10-9-20(28)27(17-23)16-19-8-4-5-13-25-19/h1-8,13,21H,9-12,14-17H2. The van der Waals surface area contributed by atoms with Gasteiger partial charge in [-0.1, -0.05) is 36.4 Å². The number of carbonyl (C=O) groups is 2. The molecule has 0 bridgehead atoms. The van der Waals surface area contributed by atoms with Crippen molar-refractivity contribution in [1.29, 1.82) is 0 Å². The summed E-state index contributed by atoms with van der Waals surface area (Å²) in [5, 5.41) is 0. The molecule has 1 atom stereocenters. The lowest BCUT2D eigenvalue weighted by Gasteiger charge is -2.47. The first-order valence-corrected chi connectivity index (χ1v) is 10.2. The molecule has 6 heteroatoms. The van der Waals surface area contributed by atoms with Gasteiger partial charge in [0.05, 0.1) is 12.2 Å². The minimum Gasteiger partial charge on any atom is -0.340 e. The number of amides is 2. The molecule has 4 rings (SSSR count). The number of carbonyl (C=O) groups excluding carboxylic acids is 2. The third-order valence-electron chi connectivity index (χ3n) is 6.27. The van der Waals surface area contributed by atoms with Crippen LogP contribution in [0.5, 0.6) is 0 Å². The van der Waals surface area contributed by atoms with E-state index in [4.69, 9.17) is 0 Å². The zero-order valence-electron chi connectivity index (χ0n) is 16.5. The molecule has 0 N–H and O–H groups in total. The predicted octanol–water partition coefficient (Wildman–Crippen LogP) is 3.52. The van der Waals surface area contributed by atoms with E-state index in [2.05, 4.69) is 4.98 Å². The number of piperidine rings is 2. The topological polar surface area (TPSA) is 53.5 Å². The molecule has 2 amide bonds. The summed E-state index contributed by atoms with van der Waals surface area (Å²) < 4.78 is 14.7. The van der Waals surface area contributed by atoms with Gasteiger partial charge in [0, 0.05) is 32.3 Å². The molecular weight excluding hydrogens is 369 g/mol. The molecule has 1 aromatic carbocycles. The molecule has 2 aliphatic rings. The number of rotatable bonds is 4. The van der Waals surface area contributed by atoms with E-state index in [1.165, 1.54) is 0 Å². The van der Waals surface area contributed by atoms with Crippen LogP contribution in [0.2, 0.25) is 0 Å². The average molecular weight is 395 g/mol. The molecule has 1 spiro atoms. The number of halogens is 1. The molecule has 2 fully saturated rings.